The predicted octanol–water partition coefficient (Wildman–Crippen LogP) is 15.1. The van der Waals surface area contributed by atoms with Gasteiger partial charge in [0.2, 0.25) is 5.91 Å². The number of unbranched alkanes of at least 4 members (excludes halogenated alkanes) is 27. The molecule has 0 aromatic carbocycles. The highest BCUT2D eigenvalue weighted by Gasteiger charge is 2.23. The molecule has 3 unspecified atom stereocenters. The van der Waals surface area contributed by atoms with Gasteiger partial charge in [0.1, 0.15) is 6.10 Å². The topological polar surface area (TPSA) is 95.9 Å². The van der Waals surface area contributed by atoms with Gasteiger partial charge in [-0.3, -0.25) is 9.59 Å². The Balaban J connectivity index is 4.56. The van der Waals surface area contributed by atoms with Gasteiger partial charge < -0.3 is 20.3 Å². The van der Waals surface area contributed by atoms with E-state index in [1.54, 1.807) is 0 Å². The molecule has 344 valence electrons. The van der Waals surface area contributed by atoms with Gasteiger partial charge in [0, 0.05) is 6.42 Å². The summed E-state index contributed by atoms with van der Waals surface area (Å²) in [4.78, 5) is 26.0. The number of allylic oxidation sites excluding steroid dienone is 7. The molecule has 6 nitrogen and oxygen atoms in total. The molecule has 0 saturated heterocycles. The Bertz CT molecular complexity index is 1020. The number of carbonyl (C=O) groups is 2. The van der Waals surface area contributed by atoms with Crippen LogP contribution in [0.5, 0.6) is 0 Å². The minimum Gasteiger partial charge on any atom is -0.458 e. The van der Waals surface area contributed by atoms with Gasteiger partial charge >= 0.3 is 5.97 Å². The van der Waals surface area contributed by atoms with Gasteiger partial charge in [0.05, 0.1) is 25.2 Å². The lowest BCUT2D eigenvalue weighted by Crippen LogP contribution is -2.46. The van der Waals surface area contributed by atoms with Gasteiger partial charge in [0.15, 0.2) is 0 Å². The molecule has 0 heterocycles. The van der Waals surface area contributed by atoms with Crippen molar-refractivity contribution in [3.05, 3.63) is 48.6 Å². The Morgan fingerprint density at radius 2 is 0.898 bits per heavy atom. The fourth-order valence-electron chi connectivity index (χ4n) is 7.48. The smallest absolute Gasteiger partial charge is 0.306 e. The minimum absolute atomic E-state index is 0.0297. The average molecular weight is 828 g/mol. The van der Waals surface area contributed by atoms with Crippen LogP contribution < -0.4 is 5.32 Å². The average Bonchev–Trinajstić information content (AvgIpc) is 3.23. The Morgan fingerprint density at radius 1 is 0.508 bits per heavy atom. The van der Waals surface area contributed by atoms with E-state index < -0.39 is 18.2 Å². The summed E-state index contributed by atoms with van der Waals surface area (Å²) < 4.78 is 5.82. The maximum atomic E-state index is 13.1. The second-order valence-electron chi connectivity index (χ2n) is 17.2. The lowest BCUT2D eigenvalue weighted by atomic mass is 10.0. The molecule has 0 aliphatic rings. The number of rotatable bonds is 45. The monoisotopic (exact) mass is 828 g/mol. The van der Waals surface area contributed by atoms with Gasteiger partial charge in [-0.05, 0) is 70.3 Å². The van der Waals surface area contributed by atoms with Crippen LogP contribution in [0, 0.1) is 0 Å². The molecule has 0 aromatic rings. The number of hydrogen-bond donors (Lipinski definition) is 3. The number of amides is 1. The summed E-state index contributed by atoms with van der Waals surface area (Å²) in [5, 5.41) is 23.6. The van der Waals surface area contributed by atoms with Crippen molar-refractivity contribution in [3.8, 4) is 0 Å². The van der Waals surface area contributed by atoms with Gasteiger partial charge in [-0.15, -0.1) is 0 Å². The molecule has 0 spiro atoms. The second kappa shape index (κ2) is 46.9. The van der Waals surface area contributed by atoms with E-state index in [0.717, 1.165) is 57.8 Å². The molecule has 0 fully saturated rings. The first-order chi connectivity index (χ1) is 29.0. The van der Waals surface area contributed by atoms with Crippen LogP contribution in [0.4, 0.5) is 0 Å². The zero-order valence-corrected chi connectivity index (χ0v) is 39.1. The summed E-state index contributed by atoms with van der Waals surface area (Å²) in [6, 6.07) is -0.731. The highest BCUT2D eigenvalue weighted by atomic mass is 16.5. The van der Waals surface area contributed by atoms with Gasteiger partial charge in [-0.25, -0.2) is 0 Å². The number of carbonyl (C=O) groups excluding carboxylic acids is 2. The Kier molecular flexibility index (Phi) is 45.1. The van der Waals surface area contributed by atoms with Crippen LogP contribution in [0.15, 0.2) is 48.6 Å². The fraction of sp³-hybridized carbons (Fsp3) is 0.811. The highest BCUT2D eigenvalue weighted by molar-refractivity contribution is 5.78. The van der Waals surface area contributed by atoms with Crippen molar-refractivity contribution >= 4 is 11.9 Å². The van der Waals surface area contributed by atoms with Crippen LogP contribution in [0.3, 0.4) is 0 Å². The molecule has 1 amide bonds. The molecule has 6 heteroatoms. The molecular weight excluding hydrogens is 731 g/mol. The molecule has 0 rings (SSSR count). The van der Waals surface area contributed by atoms with E-state index in [2.05, 4.69) is 62.5 Å². The number of esters is 1. The number of nitrogens with one attached hydrogen (secondary N) is 1. The van der Waals surface area contributed by atoms with Crippen molar-refractivity contribution < 1.29 is 24.5 Å². The summed E-state index contributed by atoms with van der Waals surface area (Å²) in [5.41, 5.74) is 0. The standard InChI is InChI=1S/C53H97NO5/c1-4-7-10-13-16-19-22-23-24-25-26-27-28-29-31-34-37-40-43-46-53(58)59-49(44-41-38-35-32-30-20-17-14-11-8-5-2)47-52(57)54-50(48-55)51(56)45-42-39-36-33-21-18-15-12-9-6-3/h16,19,23-24,32,35,41,44,49-51,55-56H,4-15,17-18,20-22,25-31,33-34,36-40,42-43,45-48H2,1-3H3,(H,54,57)/b19-16-,24-23-,35-32-,44-41+. The van der Waals surface area contributed by atoms with Crippen molar-refractivity contribution in [1.29, 1.82) is 0 Å². The number of ether oxygens (including phenoxy) is 1. The van der Waals surface area contributed by atoms with Crippen molar-refractivity contribution in [2.45, 2.75) is 270 Å². The largest absolute Gasteiger partial charge is 0.458 e. The Morgan fingerprint density at radius 3 is 1.37 bits per heavy atom. The third-order valence-electron chi connectivity index (χ3n) is 11.4. The van der Waals surface area contributed by atoms with E-state index >= 15 is 0 Å². The molecule has 0 aliphatic carbocycles. The van der Waals surface area contributed by atoms with E-state index in [1.165, 1.54) is 154 Å². The normalized spacial score (nSPS) is 13.6. The van der Waals surface area contributed by atoms with E-state index in [-0.39, 0.29) is 24.9 Å². The zero-order valence-electron chi connectivity index (χ0n) is 39.1. The minimum atomic E-state index is -0.809. The fourth-order valence-corrected chi connectivity index (χ4v) is 7.48. The van der Waals surface area contributed by atoms with Crippen LogP contribution >= 0.6 is 0 Å². The second-order valence-corrected chi connectivity index (χ2v) is 17.2. The predicted molar refractivity (Wildman–Crippen MR) is 255 cm³/mol. The molecule has 0 bridgehead atoms. The number of hydrogen-bond acceptors (Lipinski definition) is 5. The lowest BCUT2D eigenvalue weighted by Gasteiger charge is -2.23. The summed E-state index contributed by atoms with van der Waals surface area (Å²) >= 11 is 0. The van der Waals surface area contributed by atoms with E-state index in [9.17, 15) is 19.8 Å². The van der Waals surface area contributed by atoms with E-state index in [1.807, 2.05) is 12.2 Å². The zero-order chi connectivity index (χ0) is 43.1. The molecule has 0 saturated carbocycles. The van der Waals surface area contributed by atoms with Crippen LogP contribution in [0.2, 0.25) is 0 Å². The summed E-state index contributed by atoms with van der Waals surface area (Å²) in [7, 11) is 0. The molecule has 3 atom stereocenters. The summed E-state index contributed by atoms with van der Waals surface area (Å²) in [6.45, 7) is 6.40. The Hall–Kier alpha value is -2.18. The summed E-state index contributed by atoms with van der Waals surface area (Å²) in [6.07, 6.45) is 56.3. The van der Waals surface area contributed by atoms with Crippen LogP contribution in [0.25, 0.3) is 0 Å². The maximum absolute atomic E-state index is 13.1. The van der Waals surface area contributed by atoms with Gasteiger partial charge in [-0.1, -0.05) is 217 Å². The van der Waals surface area contributed by atoms with Crippen molar-refractivity contribution in [3.63, 3.8) is 0 Å². The van der Waals surface area contributed by atoms with E-state index in [4.69, 9.17) is 4.74 Å². The van der Waals surface area contributed by atoms with Crippen molar-refractivity contribution in [2.75, 3.05) is 6.61 Å². The molecule has 0 aromatic heterocycles. The number of aliphatic hydroxyl groups is 2. The third kappa shape index (κ3) is 42.3. The van der Waals surface area contributed by atoms with E-state index in [0.29, 0.717) is 12.8 Å². The van der Waals surface area contributed by atoms with Crippen LogP contribution in [-0.2, 0) is 14.3 Å². The maximum Gasteiger partial charge on any atom is 0.306 e. The first kappa shape index (κ1) is 56.8. The quantitative estimate of drug-likeness (QED) is 0.0323. The molecule has 59 heavy (non-hydrogen) atoms. The van der Waals surface area contributed by atoms with Crippen molar-refractivity contribution in [2.24, 2.45) is 0 Å². The molecule has 3 N–H and O–H groups in total. The molecule has 0 radical (unpaired) electrons. The van der Waals surface area contributed by atoms with Crippen molar-refractivity contribution in [1.82, 2.24) is 5.32 Å². The SMILES string of the molecule is CCCCC/C=C\C/C=C\CCCCCCCCCCCC(=O)OC(/C=C/C/C=C\CCCCCCCC)CC(=O)NC(CO)C(O)CCCCCCCCCCCC. The first-order valence-electron chi connectivity index (χ1n) is 25.4. The summed E-state index contributed by atoms with van der Waals surface area (Å²) in [5.74, 6) is -0.604. The Labute approximate surface area is 366 Å². The van der Waals surface area contributed by atoms with Crippen LogP contribution in [-0.4, -0.2) is 46.9 Å². The molecule has 0 aliphatic heterocycles. The number of aliphatic hydroxyl groups excluding tert-OH is 2. The lowest BCUT2D eigenvalue weighted by molar-refractivity contribution is -0.148. The highest BCUT2D eigenvalue weighted by Crippen LogP contribution is 2.16. The van der Waals surface area contributed by atoms with Gasteiger partial charge in [-0.2, -0.15) is 0 Å². The van der Waals surface area contributed by atoms with Crippen LogP contribution in [0.1, 0.15) is 252 Å². The van der Waals surface area contributed by atoms with Gasteiger partial charge in [0.25, 0.3) is 0 Å². The first-order valence-corrected chi connectivity index (χ1v) is 25.4. The molecular formula is C53H97NO5. The third-order valence-corrected chi connectivity index (χ3v) is 11.4.